The maximum Gasteiger partial charge on any atom is 0.316 e. The summed E-state index contributed by atoms with van der Waals surface area (Å²) in [5.74, 6) is -1.45. The molecule has 2 aromatic carbocycles. The predicted molar refractivity (Wildman–Crippen MR) is 98.3 cm³/mol. The van der Waals surface area contributed by atoms with E-state index in [0.29, 0.717) is 10.6 Å². The molecule has 1 atom stereocenters. The van der Waals surface area contributed by atoms with Gasteiger partial charge in [0.1, 0.15) is 6.10 Å². The van der Waals surface area contributed by atoms with Gasteiger partial charge in [0, 0.05) is 22.2 Å². The van der Waals surface area contributed by atoms with Crippen molar-refractivity contribution >= 4 is 40.9 Å². The third-order valence-electron chi connectivity index (χ3n) is 3.44. The van der Waals surface area contributed by atoms with Crippen LogP contribution in [0.25, 0.3) is 0 Å². The number of amides is 1. The first-order chi connectivity index (χ1) is 12.3. The fraction of sp³-hybridized carbons (Fsp3) is 0.176. The van der Waals surface area contributed by atoms with Gasteiger partial charge in [-0.15, -0.1) is 11.8 Å². The summed E-state index contributed by atoms with van der Waals surface area (Å²) in [5, 5.41) is 11.6. The van der Waals surface area contributed by atoms with Crippen LogP contribution in [0.2, 0.25) is 5.02 Å². The monoisotopic (exact) mass is 394 g/mol. The van der Waals surface area contributed by atoms with Gasteiger partial charge in [0.15, 0.2) is 0 Å². The number of hydrogen-bond donors (Lipinski definition) is 1. The molecule has 0 bridgehead atoms. The molecule has 26 heavy (non-hydrogen) atoms. The van der Waals surface area contributed by atoms with Gasteiger partial charge in [-0.2, -0.15) is 0 Å². The summed E-state index contributed by atoms with van der Waals surface area (Å²) in [6.07, 6.45) is -0.552. The Balaban J connectivity index is 2.04. The third-order valence-corrected chi connectivity index (χ3v) is 4.82. The first-order valence-electron chi connectivity index (χ1n) is 7.44. The van der Waals surface area contributed by atoms with E-state index in [0.717, 1.165) is 17.8 Å². The molecule has 9 heteroatoms. The highest BCUT2D eigenvalue weighted by atomic mass is 35.5. The summed E-state index contributed by atoms with van der Waals surface area (Å²) >= 11 is 7.01. The lowest BCUT2D eigenvalue weighted by Gasteiger charge is -2.14. The number of ether oxygens (including phenoxy) is 1. The topological polar surface area (TPSA) is 113 Å². The van der Waals surface area contributed by atoms with E-state index in [4.69, 9.17) is 22.1 Å². The third kappa shape index (κ3) is 4.96. The second kappa shape index (κ2) is 8.68. The van der Waals surface area contributed by atoms with Gasteiger partial charge in [0.2, 0.25) is 5.91 Å². The van der Waals surface area contributed by atoms with Crippen LogP contribution < -0.4 is 5.73 Å². The van der Waals surface area contributed by atoms with Crippen LogP contribution in [-0.4, -0.2) is 22.6 Å². The maximum absolute atomic E-state index is 12.0. The summed E-state index contributed by atoms with van der Waals surface area (Å²) in [4.78, 5) is 33.9. The summed E-state index contributed by atoms with van der Waals surface area (Å²) < 4.78 is 5.31. The van der Waals surface area contributed by atoms with Gasteiger partial charge in [0.05, 0.1) is 15.6 Å². The molecule has 0 heterocycles. The highest BCUT2D eigenvalue weighted by molar-refractivity contribution is 8.00. The van der Waals surface area contributed by atoms with Gasteiger partial charge < -0.3 is 10.5 Å². The Morgan fingerprint density at radius 1 is 1.31 bits per heavy atom. The Labute approximate surface area is 158 Å². The van der Waals surface area contributed by atoms with E-state index < -0.39 is 22.9 Å². The number of rotatable bonds is 7. The van der Waals surface area contributed by atoms with E-state index in [1.54, 1.807) is 31.2 Å². The SMILES string of the molecule is C[C@H](OC(=O)CSc1ccc(C(N)=O)cc1[N+](=O)[O-])c1ccccc1Cl. The minimum Gasteiger partial charge on any atom is -0.457 e. The number of nitro groups is 1. The van der Waals surface area contributed by atoms with Gasteiger partial charge in [-0.25, -0.2) is 0 Å². The van der Waals surface area contributed by atoms with Crippen molar-refractivity contribution in [3.63, 3.8) is 0 Å². The standard InChI is InChI=1S/C17H15ClN2O5S/c1-10(12-4-2-3-5-13(12)18)25-16(21)9-26-15-7-6-11(17(19)22)8-14(15)20(23)24/h2-8,10H,9H2,1H3,(H2,19,22)/t10-/m0/s1. The van der Waals surface area contributed by atoms with E-state index in [9.17, 15) is 19.7 Å². The molecule has 0 radical (unpaired) electrons. The van der Waals surface area contributed by atoms with Crippen LogP contribution in [0, 0.1) is 10.1 Å². The van der Waals surface area contributed by atoms with E-state index in [-0.39, 0.29) is 21.9 Å². The molecule has 1 amide bonds. The average Bonchev–Trinajstić information content (AvgIpc) is 2.59. The van der Waals surface area contributed by atoms with Crippen molar-refractivity contribution in [3.8, 4) is 0 Å². The zero-order valence-electron chi connectivity index (χ0n) is 13.7. The van der Waals surface area contributed by atoms with E-state index in [1.807, 2.05) is 0 Å². The van der Waals surface area contributed by atoms with E-state index in [2.05, 4.69) is 0 Å². The molecule has 0 aliphatic carbocycles. The van der Waals surface area contributed by atoms with Crippen molar-refractivity contribution in [3.05, 3.63) is 68.7 Å². The van der Waals surface area contributed by atoms with Crippen LogP contribution in [0.5, 0.6) is 0 Å². The van der Waals surface area contributed by atoms with Crippen molar-refractivity contribution < 1.29 is 19.2 Å². The second-order valence-electron chi connectivity index (χ2n) is 5.25. The molecule has 0 spiro atoms. The smallest absolute Gasteiger partial charge is 0.316 e. The van der Waals surface area contributed by atoms with Crippen LogP contribution >= 0.6 is 23.4 Å². The normalized spacial score (nSPS) is 11.6. The lowest BCUT2D eigenvalue weighted by molar-refractivity contribution is -0.387. The minimum absolute atomic E-state index is 0.0240. The Kier molecular flexibility index (Phi) is 6.59. The summed E-state index contributed by atoms with van der Waals surface area (Å²) in [6, 6.07) is 10.8. The Morgan fingerprint density at radius 2 is 2.00 bits per heavy atom. The number of nitrogens with two attached hydrogens (primary N) is 1. The van der Waals surface area contributed by atoms with Gasteiger partial charge in [-0.05, 0) is 25.1 Å². The Morgan fingerprint density at radius 3 is 2.62 bits per heavy atom. The van der Waals surface area contributed by atoms with Gasteiger partial charge in [-0.3, -0.25) is 19.7 Å². The molecule has 2 N–H and O–H groups in total. The molecule has 136 valence electrons. The first kappa shape index (κ1) is 19.7. The number of nitro benzene ring substituents is 1. The molecule has 2 aromatic rings. The van der Waals surface area contributed by atoms with Gasteiger partial charge in [0.25, 0.3) is 5.69 Å². The molecule has 0 fully saturated rings. The predicted octanol–water partition coefficient (Wildman–Crippen LogP) is 3.74. The van der Waals surface area contributed by atoms with Crippen molar-refractivity contribution in [2.24, 2.45) is 5.73 Å². The van der Waals surface area contributed by atoms with Crippen molar-refractivity contribution in [1.29, 1.82) is 0 Å². The van der Waals surface area contributed by atoms with Crippen molar-refractivity contribution in [1.82, 2.24) is 0 Å². The molecule has 2 rings (SSSR count). The summed E-state index contributed by atoms with van der Waals surface area (Å²) in [5.41, 5.74) is 5.53. The first-order valence-corrected chi connectivity index (χ1v) is 8.81. The number of benzene rings is 2. The van der Waals surface area contributed by atoms with Crippen LogP contribution in [0.15, 0.2) is 47.4 Å². The molecule has 0 unspecified atom stereocenters. The number of halogens is 1. The quantitative estimate of drug-likeness (QED) is 0.331. The van der Waals surface area contributed by atoms with Crippen LogP contribution in [-0.2, 0) is 9.53 Å². The fourth-order valence-corrected chi connectivity index (χ4v) is 3.25. The highest BCUT2D eigenvalue weighted by Gasteiger charge is 2.19. The fourth-order valence-electron chi connectivity index (χ4n) is 2.17. The second-order valence-corrected chi connectivity index (χ2v) is 6.67. The Hall–Kier alpha value is -2.58. The number of hydrogen-bond acceptors (Lipinski definition) is 6. The Bertz CT molecular complexity index is 859. The number of esters is 1. The lowest BCUT2D eigenvalue weighted by atomic mass is 10.1. The summed E-state index contributed by atoms with van der Waals surface area (Å²) in [6.45, 7) is 1.69. The molecule has 0 saturated carbocycles. The van der Waals surface area contributed by atoms with Crippen molar-refractivity contribution in [2.75, 3.05) is 5.75 Å². The molecular weight excluding hydrogens is 380 g/mol. The molecule has 0 saturated heterocycles. The maximum atomic E-state index is 12.0. The van der Waals surface area contributed by atoms with Gasteiger partial charge >= 0.3 is 5.97 Å². The summed E-state index contributed by atoms with van der Waals surface area (Å²) in [7, 11) is 0. The number of primary amides is 1. The molecule has 7 nitrogen and oxygen atoms in total. The highest BCUT2D eigenvalue weighted by Crippen LogP contribution is 2.31. The number of carbonyl (C=O) groups excluding carboxylic acids is 2. The van der Waals surface area contributed by atoms with Crippen LogP contribution in [0.1, 0.15) is 28.9 Å². The zero-order valence-corrected chi connectivity index (χ0v) is 15.3. The van der Waals surface area contributed by atoms with Crippen molar-refractivity contribution in [2.45, 2.75) is 17.9 Å². The molecular formula is C17H15ClN2O5S. The zero-order chi connectivity index (χ0) is 19.3. The lowest BCUT2D eigenvalue weighted by Crippen LogP contribution is -2.12. The molecule has 0 aromatic heterocycles. The van der Waals surface area contributed by atoms with Gasteiger partial charge in [-0.1, -0.05) is 29.8 Å². The number of thioether (sulfide) groups is 1. The number of nitrogens with zero attached hydrogens (tertiary/aromatic N) is 1. The average molecular weight is 395 g/mol. The van der Waals surface area contributed by atoms with E-state index in [1.165, 1.54) is 12.1 Å². The largest absolute Gasteiger partial charge is 0.457 e. The van der Waals surface area contributed by atoms with Crippen LogP contribution in [0.3, 0.4) is 0 Å². The molecule has 0 aliphatic rings. The minimum atomic E-state index is -0.766. The van der Waals surface area contributed by atoms with E-state index >= 15 is 0 Å². The number of carbonyl (C=O) groups is 2. The molecule has 0 aliphatic heterocycles. The van der Waals surface area contributed by atoms with Crippen LogP contribution in [0.4, 0.5) is 5.69 Å².